The molecule has 0 radical (unpaired) electrons. The Labute approximate surface area is 103 Å². The zero-order valence-electron chi connectivity index (χ0n) is 10.7. The average Bonchev–Trinajstić information content (AvgIpc) is 2.24. The largest absolute Gasteiger partial charge is 0.369 e. The van der Waals surface area contributed by atoms with Crippen LogP contribution in [-0.4, -0.2) is 26.2 Å². The number of rotatable bonds is 1. The van der Waals surface area contributed by atoms with E-state index in [2.05, 4.69) is 17.1 Å². The van der Waals surface area contributed by atoms with E-state index in [1.54, 1.807) is 6.07 Å². The Bertz CT molecular complexity index is 378. The fourth-order valence-corrected chi connectivity index (χ4v) is 2.36. The van der Waals surface area contributed by atoms with Gasteiger partial charge in [0.2, 0.25) is 0 Å². The molecule has 1 heterocycles. The Morgan fingerprint density at radius 2 is 2.24 bits per heavy atom. The first-order valence-corrected chi connectivity index (χ1v) is 6.38. The van der Waals surface area contributed by atoms with Gasteiger partial charge in [0, 0.05) is 13.1 Å². The van der Waals surface area contributed by atoms with E-state index >= 15 is 0 Å². The SMILES string of the molecule is Cc1ccc(N2CCCNCC(C)C2)c(F)c1. The standard InChI is InChI=1S/C14H21FN2/c1-11-4-5-14(13(15)8-11)17-7-3-6-16-9-12(2)10-17/h4-5,8,12,16H,3,6-7,9-10H2,1-2H3. The summed E-state index contributed by atoms with van der Waals surface area (Å²) < 4.78 is 13.9. The van der Waals surface area contributed by atoms with Gasteiger partial charge in [-0.1, -0.05) is 13.0 Å². The highest BCUT2D eigenvalue weighted by Crippen LogP contribution is 2.22. The van der Waals surface area contributed by atoms with Crippen molar-refractivity contribution in [1.29, 1.82) is 0 Å². The van der Waals surface area contributed by atoms with Gasteiger partial charge in [0.1, 0.15) is 5.82 Å². The van der Waals surface area contributed by atoms with Gasteiger partial charge >= 0.3 is 0 Å². The summed E-state index contributed by atoms with van der Waals surface area (Å²) in [5, 5.41) is 3.41. The normalized spacial score (nSPS) is 22.1. The van der Waals surface area contributed by atoms with Crippen LogP contribution in [0.4, 0.5) is 10.1 Å². The van der Waals surface area contributed by atoms with E-state index in [4.69, 9.17) is 0 Å². The van der Waals surface area contributed by atoms with Crippen molar-refractivity contribution in [2.45, 2.75) is 20.3 Å². The molecule has 0 saturated carbocycles. The lowest BCUT2D eigenvalue weighted by Gasteiger charge is -2.31. The monoisotopic (exact) mass is 236 g/mol. The molecule has 1 atom stereocenters. The molecule has 1 fully saturated rings. The molecule has 1 aromatic rings. The van der Waals surface area contributed by atoms with Gasteiger partial charge in [0.25, 0.3) is 0 Å². The molecular formula is C14H21FN2. The zero-order valence-corrected chi connectivity index (χ0v) is 10.7. The van der Waals surface area contributed by atoms with Gasteiger partial charge in [-0.15, -0.1) is 0 Å². The second-order valence-corrected chi connectivity index (χ2v) is 5.06. The van der Waals surface area contributed by atoms with Gasteiger partial charge in [0.05, 0.1) is 5.69 Å². The Morgan fingerprint density at radius 1 is 1.41 bits per heavy atom. The summed E-state index contributed by atoms with van der Waals surface area (Å²) in [6.45, 7) is 8.02. The molecule has 94 valence electrons. The topological polar surface area (TPSA) is 15.3 Å². The van der Waals surface area contributed by atoms with Crippen LogP contribution in [0.1, 0.15) is 18.9 Å². The van der Waals surface area contributed by atoms with E-state index in [1.807, 2.05) is 19.1 Å². The molecule has 1 aliphatic rings. The fourth-order valence-electron chi connectivity index (χ4n) is 2.36. The lowest BCUT2D eigenvalue weighted by Crippen LogP contribution is -2.39. The van der Waals surface area contributed by atoms with Gasteiger partial charge in [-0.05, 0) is 50.0 Å². The van der Waals surface area contributed by atoms with Crippen molar-refractivity contribution >= 4 is 5.69 Å². The first-order valence-electron chi connectivity index (χ1n) is 6.38. The predicted molar refractivity (Wildman–Crippen MR) is 70.0 cm³/mol. The van der Waals surface area contributed by atoms with Crippen LogP contribution in [0.15, 0.2) is 18.2 Å². The van der Waals surface area contributed by atoms with Crippen molar-refractivity contribution in [1.82, 2.24) is 5.32 Å². The molecule has 3 heteroatoms. The van der Waals surface area contributed by atoms with Crippen molar-refractivity contribution in [3.05, 3.63) is 29.6 Å². The number of nitrogens with one attached hydrogen (secondary N) is 1. The quantitative estimate of drug-likeness (QED) is 0.806. The van der Waals surface area contributed by atoms with E-state index in [0.717, 1.165) is 43.9 Å². The molecule has 17 heavy (non-hydrogen) atoms. The summed E-state index contributed by atoms with van der Waals surface area (Å²) in [5.41, 5.74) is 1.73. The number of hydrogen-bond donors (Lipinski definition) is 1. The van der Waals surface area contributed by atoms with Crippen molar-refractivity contribution in [2.75, 3.05) is 31.1 Å². The maximum Gasteiger partial charge on any atom is 0.146 e. The van der Waals surface area contributed by atoms with Crippen LogP contribution in [0.25, 0.3) is 0 Å². The van der Waals surface area contributed by atoms with E-state index in [0.29, 0.717) is 5.92 Å². The molecule has 1 saturated heterocycles. The van der Waals surface area contributed by atoms with Crippen LogP contribution in [0.5, 0.6) is 0 Å². The summed E-state index contributed by atoms with van der Waals surface area (Å²) in [5.74, 6) is 0.460. The van der Waals surface area contributed by atoms with Gasteiger partial charge in [-0.2, -0.15) is 0 Å². The van der Waals surface area contributed by atoms with Crippen LogP contribution >= 0.6 is 0 Å². The highest BCUT2D eigenvalue weighted by Gasteiger charge is 2.16. The Morgan fingerprint density at radius 3 is 3.00 bits per heavy atom. The molecule has 1 aromatic carbocycles. The lowest BCUT2D eigenvalue weighted by molar-refractivity contribution is 0.464. The van der Waals surface area contributed by atoms with Crippen LogP contribution in [0.3, 0.4) is 0 Å². The van der Waals surface area contributed by atoms with Crippen molar-refractivity contribution in [3.8, 4) is 0 Å². The second-order valence-electron chi connectivity index (χ2n) is 5.06. The number of halogens is 1. The van der Waals surface area contributed by atoms with Crippen molar-refractivity contribution < 1.29 is 4.39 Å². The summed E-state index contributed by atoms with van der Waals surface area (Å²) >= 11 is 0. The molecule has 1 unspecified atom stereocenters. The molecule has 0 aromatic heterocycles. The Balaban J connectivity index is 2.17. The highest BCUT2D eigenvalue weighted by atomic mass is 19.1. The number of hydrogen-bond acceptors (Lipinski definition) is 2. The zero-order chi connectivity index (χ0) is 12.3. The predicted octanol–water partition coefficient (Wildman–Crippen LogP) is 2.57. The van der Waals surface area contributed by atoms with Crippen molar-refractivity contribution in [2.24, 2.45) is 5.92 Å². The first kappa shape index (κ1) is 12.4. The third kappa shape index (κ3) is 3.19. The number of anilines is 1. The summed E-state index contributed by atoms with van der Waals surface area (Å²) in [6, 6.07) is 5.52. The molecule has 0 spiro atoms. The van der Waals surface area contributed by atoms with E-state index < -0.39 is 0 Å². The van der Waals surface area contributed by atoms with E-state index in [9.17, 15) is 4.39 Å². The van der Waals surface area contributed by atoms with Gasteiger partial charge in [-0.25, -0.2) is 4.39 Å². The number of nitrogens with zero attached hydrogens (tertiary/aromatic N) is 1. The molecule has 1 aliphatic heterocycles. The number of aryl methyl sites for hydroxylation is 1. The lowest BCUT2D eigenvalue weighted by atomic mass is 10.1. The van der Waals surface area contributed by atoms with E-state index in [1.165, 1.54) is 0 Å². The summed E-state index contributed by atoms with van der Waals surface area (Å²) in [4.78, 5) is 2.18. The van der Waals surface area contributed by atoms with Gasteiger partial charge in [-0.3, -0.25) is 0 Å². The first-order chi connectivity index (χ1) is 8.16. The maximum atomic E-state index is 13.9. The minimum atomic E-state index is -0.0919. The molecular weight excluding hydrogens is 215 g/mol. The van der Waals surface area contributed by atoms with Gasteiger partial charge < -0.3 is 10.2 Å². The Kier molecular flexibility index (Phi) is 4.00. The Hall–Kier alpha value is -1.09. The molecule has 1 N–H and O–H groups in total. The smallest absolute Gasteiger partial charge is 0.146 e. The van der Waals surface area contributed by atoms with Crippen LogP contribution in [0, 0.1) is 18.7 Å². The molecule has 0 amide bonds. The highest BCUT2D eigenvalue weighted by molar-refractivity contribution is 5.49. The summed E-state index contributed by atoms with van der Waals surface area (Å²) in [6.07, 6.45) is 1.07. The average molecular weight is 236 g/mol. The minimum Gasteiger partial charge on any atom is -0.369 e. The second kappa shape index (κ2) is 5.50. The molecule has 0 bridgehead atoms. The maximum absolute atomic E-state index is 13.9. The molecule has 0 aliphatic carbocycles. The third-order valence-electron chi connectivity index (χ3n) is 3.25. The van der Waals surface area contributed by atoms with Crippen molar-refractivity contribution in [3.63, 3.8) is 0 Å². The van der Waals surface area contributed by atoms with Gasteiger partial charge in [0.15, 0.2) is 0 Å². The van der Waals surface area contributed by atoms with Crippen LogP contribution < -0.4 is 10.2 Å². The number of benzene rings is 1. The third-order valence-corrected chi connectivity index (χ3v) is 3.25. The van der Waals surface area contributed by atoms with E-state index in [-0.39, 0.29) is 5.82 Å². The molecule has 2 rings (SSSR count). The summed E-state index contributed by atoms with van der Waals surface area (Å²) in [7, 11) is 0. The van der Waals surface area contributed by atoms with Crippen LogP contribution in [-0.2, 0) is 0 Å². The minimum absolute atomic E-state index is 0.0919. The fraction of sp³-hybridized carbons (Fsp3) is 0.571. The van der Waals surface area contributed by atoms with Crippen LogP contribution in [0.2, 0.25) is 0 Å². The molecule has 2 nitrogen and oxygen atoms in total.